The highest BCUT2D eigenvalue weighted by atomic mass is 79.9. The molecule has 3 unspecified atom stereocenters. The molecular formula is C16H20BrNO2. The van der Waals surface area contributed by atoms with Gasteiger partial charge in [-0.3, -0.25) is 0 Å². The predicted molar refractivity (Wildman–Crippen MR) is 80.4 cm³/mol. The molecule has 1 aromatic rings. The summed E-state index contributed by atoms with van der Waals surface area (Å²) in [6.07, 6.45) is 5.01. The van der Waals surface area contributed by atoms with Crippen LogP contribution in [0, 0.1) is 16.7 Å². The molecule has 0 aromatic carbocycles. The number of ether oxygens (including phenoxy) is 1. The third kappa shape index (κ3) is 1.92. The molecule has 3 atom stereocenters. The van der Waals surface area contributed by atoms with E-state index in [-0.39, 0.29) is 22.9 Å². The second-order valence-electron chi connectivity index (χ2n) is 6.87. The van der Waals surface area contributed by atoms with Gasteiger partial charge in [0.2, 0.25) is 0 Å². The Morgan fingerprint density at radius 1 is 1.40 bits per heavy atom. The Labute approximate surface area is 128 Å². The lowest BCUT2D eigenvalue weighted by molar-refractivity contribution is -0.0242. The van der Waals surface area contributed by atoms with Crippen LogP contribution in [0.1, 0.15) is 50.4 Å². The highest BCUT2D eigenvalue weighted by molar-refractivity contribution is 9.10. The van der Waals surface area contributed by atoms with Crippen LogP contribution in [0.5, 0.6) is 0 Å². The van der Waals surface area contributed by atoms with Crippen molar-refractivity contribution in [3.63, 3.8) is 0 Å². The van der Waals surface area contributed by atoms with E-state index in [9.17, 15) is 4.79 Å². The van der Waals surface area contributed by atoms with E-state index >= 15 is 0 Å². The van der Waals surface area contributed by atoms with Crippen molar-refractivity contribution < 1.29 is 9.53 Å². The highest BCUT2D eigenvalue weighted by Crippen LogP contribution is 2.66. The van der Waals surface area contributed by atoms with Gasteiger partial charge in [-0.25, -0.2) is 9.78 Å². The lowest BCUT2D eigenvalue weighted by Gasteiger charge is -2.38. The van der Waals surface area contributed by atoms with Gasteiger partial charge in [0.15, 0.2) is 0 Å². The monoisotopic (exact) mass is 337 g/mol. The standard InChI is InChI=1S/C16H20BrNO2/c1-15(2)11-6-7-16(15,3)12(8-11)20-14(19)10-4-5-13(17)18-9-10/h4-5,9,11-12H,6-8H2,1-3H3. The van der Waals surface area contributed by atoms with Crippen molar-refractivity contribution in [1.82, 2.24) is 4.98 Å². The zero-order valence-corrected chi connectivity index (χ0v) is 13.7. The molecule has 0 spiro atoms. The normalized spacial score (nSPS) is 34.2. The number of halogens is 1. The molecule has 2 aliphatic rings. The average molecular weight is 338 g/mol. The Morgan fingerprint density at radius 2 is 2.15 bits per heavy atom. The fraction of sp³-hybridized carbons (Fsp3) is 0.625. The molecule has 3 rings (SSSR count). The minimum Gasteiger partial charge on any atom is -0.458 e. The van der Waals surface area contributed by atoms with Gasteiger partial charge in [0.25, 0.3) is 0 Å². The molecular weight excluding hydrogens is 318 g/mol. The SMILES string of the molecule is CC1(C)C2CCC1(C)C(OC(=O)c1ccc(Br)nc1)C2. The van der Waals surface area contributed by atoms with Crippen molar-refractivity contribution >= 4 is 21.9 Å². The summed E-state index contributed by atoms with van der Waals surface area (Å²) in [6.45, 7) is 6.91. The first kappa shape index (κ1) is 14.1. The largest absolute Gasteiger partial charge is 0.458 e. The molecule has 2 aliphatic carbocycles. The van der Waals surface area contributed by atoms with E-state index in [1.54, 1.807) is 18.3 Å². The van der Waals surface area contributed by atoms with E-state index in [2.05, 4.69) is 41.7 Å². The van der Waals surface area contributed by atoms with Crippen LogP contribution >= 0.6 is 15.9 Å². The first-order valence-corrected chi connectivity index (χ1v) is 7.96. The summed E-state index contributed by atoms with van der Waals surface area (Å²) < 4.78 is 6.54. The van der Waals surface area contributed by atoms with Crippen LogP contribution in [-0.2, 0) is 4.74 Å². The fourth-order valence-corrected chi connectivity index (χ4v) is 4.24. The number of pyridine rings is 1. The van der Waals surface area contributed by atoms with Gasteiger partial charge in [-0.2, -0.15) is 0 Å². The summed E-state index contributed by atoms with van der Waals surface area (Å²) in [4.78, 5) is 16.3. The van der Waals surface area contributed by atoms with Gasteiger partial charge in [0, 0.05) is 11.6 Å². The van der Waals surface area contributed by atoms with Gasteiger partial charge >= 0.3 is 5.97 Å². The molecule has 1 aromatic heterocycles. The lowest BCUT2D eigenvalue weighted by Crippen LogP contribution is -2.38. The molecule has 4 heteroatoms. The number of hydrogen-bond acceptors (Lipinski definition) is 3. The molecule has 0 aliphatic heterocycles. The first-order valence-electron chi connectivity index (χ1n) is 7.17. The smallest absolute Gasteiger partial charge is 0.339 e. The Bertz CT molecular complexity index is 540. The van der Waals surface area contributed by atoms with E-state index in [0.717, 1.165) is 17.4 Å². The Morgan fingerprint density at radius 3 is 2.65 bits per heavy atom. The maximum Gasteiger partial charge on any atom is 0.339 e. The maximum atomic E-state index is 12.3. The van der Waals surface area contributed by atoms with E-state index in [4.69, 9.17) is 4.74 Å². The van der Waals surface area contributed by atoms with Gasteiger partial charge < -0.3 is 4.74 Å². The second-order valence-corrected chi connectivity index (χ2v) is 7.69. The van der Waals surface area contributed by atoms with Crippen LogP contribution in [0.4, 0.5) is 0 Å². The van der Waals surface area contributed by atoms with Crippen LogP contribution in [0.15, 0.2) is 22.9 Å². The number of rotatable bonds is 2. The molecule has 20 heavy (non-hydrogen) atoms. The summed E-state index contributed by atoms with van der Waals surface area (Å²) in [6, 6.07) is 3.52. The van der Waals surface area contributed by atoms with Crippen molar-refractivity contribution in [2.24, 2.45) is 16.7 Å². The number of fused-ring (bicyclic) bond motifs is 2. The Hall–Kier alpha value is -0.900. The predicted octanol–water partition coefficient (Wildman–Crippen LogP) is 4.22. The number of aromatic nitrogens is 1. The molecule has 0 radical (unpaired) electrons. The molecule has 2 saturated carbocycles. The van der Waals surface area contributed by atoms with E-state index in [1.807, 2.05) is 0 Å². The molecule has 0 N–H and O–H groups in total. The van der Waals surface area contributed by atoms with Gasteiger partial charge in [0.1, 0.15) is 10.7 Å². The van der Waals surface area contributed by atoms with Crippen LogP contribution in [0.2, 0.25) is 0 Å². The van der Waals surface area contributed by atoms with Crippen LogP contribution in [0.3, 0.4) is 0 Å². The topological polar surface area (TPSA) is 39.2 Å². The maximum absolute atomic E-state index is 12.3. The number of hydrogen-bond donors (Lipinski definition) is 0. The average Bonchev–Trinajstić information content (AvgIpc) is 2.72. The van der Waals surface area contributed by atoms with Crippen molar-refractivity contribution in [3.8, 4) is 0 Å². The van der Waals surface area contributed by atoms with Gasteiger partial charge in [-0.15, -0.1) is 0 Å². The number of carbonyl (C=O) groups is 1. The lowest BCUT2D eigenvalue weighted by atomic mass is 9.70. The third-order valence-corrected chi connectivity index (χ3v) is 6.40. The molecule has 0 amide bonds. The highest BCUT2D eigenvalue weighted by Gasteiger charge is 2.62. The third-order valence-electron chi connectivity index (χ3n) is 5.93. The Kier molecular flexibility index (Phi) is 3.20. The molecule has 0 saturated heterocycles. The summed E-state index contributed by atoms with van der Waals surface area (Å²) in [5.74, 6) is 0.424. The van der Waals surface area contributed by atoms with E-state index in [1.165, 1.54) is 6.42 Å². The van der Waals surface area contributed by atoms with Crippen molar-refractivity contribution in [2.45, 2.75) is 46.1 Å². The number of carbonyl (C=O) groups excluding carboxylic acids is 1. The molecule has 2 bridgehead atoms. The number of esters is 1. The van der Waals surface area contributed by atoms with Gasteiger partial charge in [0.05, 0.1) is 5.56 Å². The van der Waals surface area contributed by atoms with E-state index < -0.39 is 0 Å². The summed E-state index contributed by atoms with van der Waals surface area (Å²) in [5, 5.41) is 0. The summed E-state index contributed by atoms with van der Waals surface area (Å²) in [7, 11) is 0. The van der Waals surface area contributed by atoms with Crippen molar-refractivity contribution in [2.75, 3.05) is 0 Å². The van der Waals surface area contributed by atoms with Crippen molar-refractivity contribution in [3.05, 3.63) is 28.5 Å². The van der Waals surface area contributed by atoms with E-state index in [0.29, 0.717) is 11.5 Å². The van der Waals surface area contributed by atoms with Crippen LogP contribution < -0.4 is 0 Å². The first-order chi connectivity index (χ1) is 9.34. The molecule has 2 fully saturated rings. The van der Waals surface area contributed by atoms with Crippen LogP contribution in [0.25, 0.3) is 0 Å². The molecule has 108 valence electrons. The quantitative estimate of drug-likeness (QED) is 0.599. The zero-order valence-electron chi connectivity index (χ0n) is 12.1. The molecule has 1 heterocycles. The fourth-order valence-electron chi connectivity index (χ4n) is 4.00. The minimum atomic E-state index is -0.250. The zero-order chi connectivity index (χ0) is 14.5. The van der Waals surface area contributed by atoms with Gasteiger partial charge in [-0.05, 0) is 58.7 Å². The van der Waals surface area contributed by atoms with Gasteiger partial charge in [-0.1, -0.05) is 20.8 Å². The minimum absolute atomic E-state index is 0.0346. The second kappa shape index (κ2) is 4.55. The van der Waals surface area contributed by atoms with Crippen molar-refractivity contribution in [1.29, 1.82) is 0 Å². The summed E-state index contributed by atoms with van der Waals surface area (Å²) in [5.41, 5.74) is 0.892. The molecule has 3 nitrogen and oxygen atoms in total. The summed E-state index contributed by atoms with van der Waals surface area (Å²) >= 11 is 3.27. The Balaban J connectivity index is 1.76. The number of nitrogens with zero attached hydrogens (tertiary/aromatic N) is 1. The van der Waals surface area contributed by atoms with Crippen LogP contribution in [-0.4, -0.2) is 17.1 Å².